The van der Waals surface area contributed by atoms with Crippen molar-refractivity contribution in [1.82, 2.24) is 4.90 Å². The van der Waals surface area contributed by atoms with E-state index in [-0.39, 0.29) is 11.7 Å². The minimum absolute atomic E-state index is 0.191. The summed E-state index contributed by atoms with van der Waals surface area (Å²) in [6, 6.07) is 17.8. The predicted molar refractivity (Wildman–Crippen MR) is 144 cm³/mol. The van der Waals surface area contributed by atoms with Crippen LogP contribution in [-0.2, 0) is 9.47 Å². The molecule has 208 valence electrons. The second kappa shape index (κ2) is 10.5. The fourth-order valence-electron chi connectivity index (χ4n) is 5.83. The summed E-state index contributed by atoms with van der Waals surface area (Å²) in [5, 5.41) is 1.94. The number of nitrogens with zero attached hydrogens (tertiary/aromatic N) is 1. The highest BCUT2D eigenvalue weighted by Gasteiger charge is 2.53. The van der Waals surface area contributed by atoms with Gasteiger partial charge in [0.25, 0.3) is 0 Å². The van der Waals surface area contributed by atoms with Crippen LogP contribution in [0.2, 0.25) is 0 Å². The van der Waals surface area contributed by atoms with Crippen LogP contribution in [0.15, 0.2) is 66.0 Å². The molecule has 0 bridgehead atoms. The Bertz CT molecular complexity index is 1290. The van der Waals surface area contributed by atoms with E-state index in [4.69, 9.17) is 9.47 Å². The molecular formula is C30H32F3NO4S. The fourth-order valence-corrected chi connectivity index (χ4v) is 6.61. The summed E-state index contributed by atoms with van der Waals surface area (Å²) in [6.45, 7) is 6.37. The summed E-state index contributed by atoms with van der Waals surface area (Å²) >= 11 is 1.53. The third-order valence-corrected chi connectivity index (χ3v) is 8.10. The van der Waals surface area contributed by atoms with Crippen molar-refractivity contribution >= 4 is 17.4 Å². The molecule has 39 heavy (non-hydrogen) atoms. The van der Waals surface area contributed by atoms with Crippen molar-refractivity contribution in [1.29, 1.82) is 0 Å². The van der Waals surface area contributed by atoms with Gasteiger partial charge in [0.05, 0.1) is 18.2 Å². The van der Waals surface area contributed by atoms with E-state index in [1.807, 2.05) is 68.6 Å². The van der Waals surface area contributed by atoms with Gasteiger partial charge in [-0.1, -0.05) is 36.4 Å². The van der Waals surface area contributed by atoms with Gasteiger partial charge in [-0.2, -0.15) is 0 Å². The maximum absolute atomic E-state index is 13.4. The first-order valence-corrected chi connectivity index (χ1v) is 13.9. The Morgan fingerprint density at radius 1 is 1.08 bits per heavy atom. The highest BCUT2D eigenvalue weighted by molar-refractivity contribution is 7.13. The first-order chi connectivity index (χ1) is 18.4. The number of carbonyl (C=O) groups is 1. The second-order valence-corrected chi connectivity index (χ2v) is 12.1. The topological polar surface area (TPSA) is 48.0 Å². The number of rotatable bonds is 4. The molecular weight excluding hydrogens is 527 g/mol. The summed E-state index contributed by atoms with van der Waals surface area (Å²) in [7, 11) is 0. The van der Waals surface area contributed by atoms with Crippen molar-refractivity contribution in [3.8, 4) is 16.2 Å². The van der Waals surface area contributed by atoms with Gasteiger partial charge < -0.3 is 14.2 Å². The van der Waals surface area contributed by atoms with Crippen molar-refractivity contribution in [3.63, 3.8) is 0 Å². The zero-order chi connectivity index (χ0) is 27.8. The molecule has 0 N–H and O–H groups in total. The Labute approximate surface area is 230 Å². The summed E-state index contributed by atoms with van der Waals surface area (Å²) in [4.78, 5) is 16.1. The van der Waals surface area contributed by atoms with E-state index in [0.717, 1.165) is 34.4 Å². The maximum Gasteiger partial charge on any atom is 0.573 e. The maximum atomic E-state index is 13.4. The number of piperidine rings is 1. The van der Waals surface area contributed by atoms with Gasteiger partial charge in [-0.25, -0.2) is 4.79 Å². The molecule has 2 aromatic carbocycles. The van der Waals surface area contributed by atoms with Crippen LogP contribution in [0.1, 0.15) is 63.1 Å². The molecule has 5 nitrogen and oxygen atoms in total. The molecule has 3 heterocycles. The highest BCUT2D eigenvalue weighted by atomic mass is 32.1. The molecule has 1 aromatic heterocycles. The number of ether oxygens (including phenoxy) is 3. The molecule has 2 aliphatic heterocycles. The molecule has 2 aliphatic rings. The third-order valence-electron chi connectivity index (χ3n) is 7.20. The molecule has 2 fully saturated rings. The lowest BCUT2D eigenvalue weighted by atomic mass is 9.75. The van der Waals surface area contributed by atoms with Gasteiger partial charge in [0.15, 0.2) is 0 Å². The average molecular weight is 560 g/mol. The first-order valence-electron chi connectivity index (χ1n) is 13.1. The molecule has 0 radical (unpaired) electrons. The summed E-state index contributed by atoms with van der Waals surface area (Å²) in [6.07, 6.45) is -3.20. The molecule has 0 saturated carbocycles. The molecule has 3 aromatic rings. The SMILES string of the molecule is CC(C)(C)OC(=O)N1CCC[C@@]2(C[C@@H](c3cc(OC(F)(F)F)ccc3-c3cccs3)CO2)[C@@H]1c1ccccc1. The van der Waals surface area contributed by atoms with Crippen LogP contribution in [0.5, 0.6) is 5.75 Å². The number of thiophene rings is 1. The van der Waals surface area contributed by atoms with Crippen LogP contribution in [0.25, 0.3) is 10.4 Å². The number of amides is 1. The van der Waals surface area contributed by atoms with Crippen molar-refractivity contribution in [3.05, 3.63) is 77.2 Å². The minimum Gasteiger partial charge on any atom is -0.444 e. The molecule has 0 unspecified atom stereocenters. The van der Waals surface area contributed by atoms with Gasteiger partial charge in [-0.3, -0.25) is 4.90 Å². The molecule has 1 spiro atoms. The zero-order valence-electron chi connectivity index (χ0n) is 22.2. The number of carbonyl (C=O) groups excluding carboxylic acids is 1. The predicted octanol–water partition coefficient (Wildman–Crippen LogP) is 8.33. The Balaban J connectivity index is 1.53. The van der Waals surface area contributed by atoms with Crippen molar-refractivity contribution < 1.29 is 32.2 Å². The van der Waals surface area contributed by atoms with Gasteiger partial charge in [0, 0.05) is 17.3 Å². The molecule has 0 aliphatic carbocycles. The standard InChI is InChI=1S/C30H32F3NO4S/c1-28(2,3)38-27(35)34-15-8-14-29(26(34)20-9-5-4-6-10-20)18-21(19-36-29)24-17-22(37-30(31,32)33)12-13-23(24)25-11-7-16-39-25/h4-7,9-13,16-17,21,26H,8,14-15,18-19H2,1-3H3/t21-,26+,29-/m1/s1. The van der Waals surface area contributed by atoms with E-state index in [1.165, 1.54) is 23.5 Å². The first kappa shape index (κ1) is 27.5. The van der Waals surface area contributed by atoms with Gasteiger partial charge in [0.1, 0.15) is 11.4 Å². The average Bonchev–Trinajstić information content (AvgIpc) is 3.53. The number of hydrogen-bond donors (Lipinski definition) is 0. The quantitative estimate of drug-likeness (QED) is 0.322. The molecule has 5 rings (SSSR count). The van der Waals surface area contributed by atoms with Gasteiger partial charge in [0.2, 0.25) is 0 Å². The van der Waals surface area contributed by atoms with Crippen LogP contribution in [0, 0.1) is 0 Å². The van der Waals surface area contributed by atoms with E-state index in [1.54, 1.807) is 11.0 Å². The zero-order valence-corrected chi connectivity index (χ0v) is 23.0. The Morgan fingerprint density at radius 2 is 1.85 bits per heavy atom. The van der Waals surface area contributed by atoms with E-state index in [0.29, 0.717) is 19.6 Å². The number of hydrogen-bond acceptors (Lipinski definition) is 5. The van der Waals surface area contributed by atoms with E-state index in [2.05, 4.69) is 4.74 Å². The van der Waals surface area contributed by atoms with Gasteiger partial charge >= 0.3 is 12.5 Å². The number of benzene rings is 2. The number of halogens is 3. The lowest BCUT2D eigenvalue weighted by molar-refractivity contribution is -0.274. The molecule has 9 heteroatoms. The largest absolute Gasteiger partial charge is 0.573 e. The smallest absolute Gasteiger partial charge is 0.444 e. The van der Waals surface area contributed by atoms with Crippen LogP contribution >= 0.6 is 11.3 Å². The van der Waals surface area contributed by atoms with Crippen LogP contribution in [-0.4, -0.2) is 41.7 Å². The fraction of sp³-hybridized carbons (Fsp3) is 0.433. The molecule has 3 atom stereocenters. The Morgan fingerprint density at radius 3 is 2.51 bits per heavy atom. The normalized spacial score (nSPS) is 23.7. The Hall–Kier alpha value is -3.04. The monoisotopic (exact) mass is 559 g/mol. The summed E-state index contributed by atoms with van der Waals surface area (Å²) < 4.78 is 56.0. The number of likely N-dealkylation sites (tertiary alicyclic amines) is 1. The van der Waals surface area contributed by atoms with Crippen LogP contribution in [0.3, 0.4) is 0 Å². The molecule has 2 saturated heterocycles. The third kappa shape index (κ3) is 6.09. The Kier molecular flexibility index (Phi) is 7.41. The van der Waals surface area contributed by atoms with Crippen LogP contribution in [0.4, 0.5) is 18.0 Å². The van der Waals surface area contributed by atoms with E-state index >= 15 is 0 Å². The minimum atomic E-state index is -4.79. The van der Waals surface area contributed by atoms with Crippen molar-refractivity contribution in [2.75, 3.05) is 13.2 Å². The summed E-state index contributed by atoms with van der Waals surface area (Å²) in [5.74, 6) is -0.443. The van der Waals surface area contributed by atoms with Crippen molar-refractivity contribution in [2.45, 2.75) is 69.6 Å². The van der Waals surface area contributed by atoms with Crippen molar-refractivity contribution in [2.24, 2.45) is 0 Å². The van der Waals surface area contributed by atoms with E-state index < -0.39 is 29.7 Å². The number of alkyl halides is 3. The lowest BCUT2D eigenvalue weighted by Crippen LogP contribution is -2.53. The summed E-state index contributed by atoms with van der Waals surface area (Å²) in [5.41, 5.74) is 1.18. The second-order valence-electron chi connectivity index (χ2n) is 11.1. The molecule has 1 amide bonds. The van der Waals surface area contributed by atoms with Gasteiger partial charge in [-0.15, -0.1) is 24.5 Å². The lowest BCUT2D eigenvalue weighted by Gasteiger charge is -2.47. The van der Waals surface area contributed by atoms with E-state index in [9.17, 15) is 18.0 Å². The van der Waals surface area contributed by atoms with Gasteiger partial charge in [-0.05, 0) is 86.4 Å². The highest BCUT2D eigenvalue weighted by Crippen LogP contribution is 2.53. The van der Waals surface area contributed by atoms with Crippen LogP contribution < -0.4 is 4.74 Å².